The van der Waals surface area contributed by atoms with E-state index in [2.05, 4.69) is 9.97 Å². The summed E-state index contributed by atoms with van der Waals surface area (Å²) in [6.45, 7) is 3.02. The third kappa shape index (κ3) is 4.26. The van der Waals surface area contributed by atoms with E-state index in [4.69, 9.17) is 0 Å². The van der Waals surface area contributed by atoms with E-state index >= 15 is 0 Å². The molecule has 1 aromatic carbocycles. The molecular formula is C21H24FN5O3S. The summed E-state index contributed by atoms with van der Waals surface area (Å²) in [5.74, 6) is 0.107. The minimum Gasteiger partial charge on any atom is -0.357 e. The Hall–Kier alpha value is -2.98. The zero-order valence-corrected chi connectivity index (χ0v) is 18.2. The number of aromatic nitrogens is 3. The molecule has 3 heterocycles. The molecule has 4 rings (SSSR count). The van der Waals surface area contributed by atoms with Crippen molar-refractivity contribution in [1.29, 1.82) is 0 Å². The summed E-state index contributed by atoms with van der Waals surface area (Å²) in [5.41, 5.74) is 2.00. The summed E-state index contributed by atoms with van der Waals surface area (Å²) in [7, 11) is -1.96. The number of carbonyl (C=O) groups excluding carboxylic acids is 1. The normalized spacial score (nSPS) is 15.8. The Balaban J connectivity index is 1.46. The van der Waals surface area contributed by atoms with Gasteiger partial charge >= 0.3 is 0 Å². The van der Waals surface area contributed by atoms with Crippen molar-refractivity contribution in [1.82, 2.24) is 23.7 Å². The van der Waals surface area contributed by atoms with Gasteiger partial charge < -0.3 is 14.5 Å². The van der Waals surface area contributed by atoms with Crippen LogP contribution in [0.25, 0.3) is 11.1 Å². The quantitative estimate of drug-likeness (QED) is 0.668. The maximum Gasteiger partial charge on any atom is 0.270 e. The van der Waals surface area contributed by atoms with Crippen LogP contribution in [0, 0.1) is 12.7 Å². The second-order valence-corrected chi connectivity index (χ2v) is 9.48. The second-order valence-electron chi connectivity index (χ2n) is 7.60. The Bertz CT molecular complexity index is 1180. The molecule has 0 bridgehead atoms. The highest BCUT2D eigenvalue weighted by molar-refractivity contribution is 7.89. The molecule has 0 unspecified atom stereocenters. The predicted molar refractivity (Wildman–Crippen MR) is 113 cm³/mol. The lowest BCUT2D eigenvalue weighted by molar-refractivity contribution is 0.0759. The number of amides is 1. The number of nitrogens with one attached hydrogen (secondary N) is 1. The van der Waals surface area contributed by atoms with Gasteiger partial charge in [-0.1, -0.05) is 12.1 Å². The van der Waals surface area contributed by atoms with E-state index in [1.54, 1.807) is 47.8 Å². The van der Waals surface area contributed by atoms with Gasteiger partial charge in [0.15, 0.2) is 5.03 Å². The Morgan fingerprint density at radius 2 is 1.84 bits per heavy atom. The van der Waals surface area contributed by atoms with Gasteiger partial charge in [0.05, 0.1) is 0 Å². The molecule has 164 valence electrons. The van der Waals surface area contributed by atoms with E-state index in [9.17, 15) is 17.6 Å². The van der Waals surface area contributed by atoms with Gasteiger partial charge in [-0.05, 0) is 42.7 Å². The van der Waals surface area contributed by atoms with Crippen LogP contribution in [-0.4, -0.2) is 64.2 Å². The molecule has 0 spiro atoms. The fourth-order valence-electron chi connectivity index (χ4n) is 3.62. The first-order valence-corrected chi connectivity index (χ1v) is 11.4. The van der Waals surface area contributed by atoms with Gasteiger partial charge in [-0.15, -0.1) is 0 Å². The standard InChI is InChI=1S/C21H24FN5O3S/c1-15-24-20(14-25(15)2)31(29,30)27-9-3-8-26(10-11-27)21(28)19-12-17(13-23-19)16-4-6-18(22)7-5-16/h4-7,12-14,23H,3,8-11H2,1-2H3. The van der Waals surface area contributed by atoms with Gasteiger partial charge in [-0.2, -0.15) is 4.31 Å². The molecule has 0 radical (unpaired) electrons. The van der Waals surface area contributed by atoms with Crippen molar-refractivity contribution in [2.75, 3.05) is 26.2 Å². The number of hydrogen-bond acceptors (Lipinski definition) is 4. The molecule has 1 N–H and O–H groups in total. The van der Waals surface area contributed by atoms with Crippen molar-refractivity contribution in [3.63, 3.8) is 0 Å². The highest BCUT2D eigenvalue weighted by atomic mass is 32.2. The van der Waals surface area contributed by atoms with Gasteiger partial charge in [0, 0.05) is 45.6 Å². The third-order valence-electron chi connectivity index (χ3n) is 5.52. The molecule has 31 heavy (non-hydrogen) atoms. The lowest BCUT2D eigenvalue weighted by Gasteiger charge is -2.21. The number of sulfonamides is 1. The first-order chi connectivity index (χ1) is 14.8. The van der Waals surface area contributed by atoms with Gasteiger partial charge in [-0.3, -0.25) is 4.79 Å². The van der Waals surface area contributed by atoms with Crippen LogP contribution in [-0.2, 0) is 17.1 Å². The molecule has 1 aliphatic rings. The van der Waals surface area contributed by atoms with Crippen LogP contribution in [0.3, 0.4) is 0 Å². The summed E-state index contributed by atoms with van der Waals surface area (Å²) in [4.78, 5) is 21.8. The zero-order chi connectivity index (χ0) is 22.2. The Morgan fingerprint density at radius 3 is 2.52 bits per heavy atom. The largest absolute Gasteiger partial charge is 0.357 e. The predicted octanol–water partition coefficient (Wildman–Crippen LogP) is 2.40. The fraction of sp³-hybridized carbons (Fsp3) is 0.333. The van der Waals surface area contributed by atoms with Crippen molar-refractivity contribution in [2.45, 2.75) is 18.4 Å². The molecule has 3 aromatic rings. The van der Waals surface area contributed by atoms with Gasteiger partial charge in [0.2, 0.25) is 0 Å². The number of carbonyl (C=O) groups is 1. The van der Waals surface area contributed by atoms with E-state index in [0.29, 0.717) is 31.0 Å². The summed E-state index contributed by atoms with van der Waals surface area (Å²) in [6.07, 6.45) is 3.75. The second kappa shape index (κ2) is 8.27. The number of imidazole rings is 1. The summed E-state index contributed by atoms with van der Waals surface area (Å²) < 4.78 is 42.1. The van der Waals surface area contributed by atoms with Crippen LogP contribution in [0.1, 0.15) is 22.7 Å². The van der Waals surface area contributed by atoms with Crippen molar-refractivity contribution in [3.8, 4) is 11.1 Å². The number of rotatable bonds is 4. The SMILES string of the molecule is Cc1nc(S(=O)(=O)N2CCCN(C(=O)c3cc(-c4ccc(F)cc4)c[nH]3)CC2)cn1C. The molecule has 8 nitrogen and oxygen atoms in total. The molecule has 1 fully saturated rings. The molecule has 2 aromatic heterocycles. The number of aryl methyl sites for hydroxylation is 2. The average molecular weight is 446 g/mol. The van der Waals surface area contributed by atoms with E-state index in [0.717, 1.165) is 11.1 Å². The monoisotopic (exact) mass is 445 g/mol. The summed E-state index contributed by atoms with van der Waals surface area (Å²) in [6, 6.07) is 7.78. The Morgan fingerprint density at radius 1 is 1.10 bits per heavy atom. The van der Waals surface area contributed by atoms with Crippen LogP contribution in [0.5, 0.6) is 0 Å². The van der Waals surface area contributed by atoms with E-state index in [-0.39, 0.29) is 29.8 Å². The van der Waals surface area contributed by atoms with Crippen molar-refractivity contribution < 1.29 is 17.6 Å². The molecule has 0 atom stereocenters. The number of hydrogen-bond donors (Lipinski definition) is 1. The smallest absolute Gasteiger partial charge is 0.270 e. The summed E-state index contributed by atoms with van der Waals surface area (Å²) in [5, 5.41) is 0.0283. The van der Waals surface area contributed by atoms with E-state index in [1.807, 2.05) is 0 Å². The number of H-pyrrole nitrogens is 1. The Kier molecular flexibility index (Phi) is 5.67. The number of benzene rings is 1. The molecule has 10 heteroatoms. The van der Waals surface area contributed by atoms with Gasteiger partial charge in [0.1, 0.15) is 17.3 Å². The van der Waals surface area contributed by atoms with E-state index in [1.165, 1.54) is 22.6 Å². The molecular weight excluding hydrogens is 421 g/mol. The lowest BCUT2D eigenvalue weighted by Crippen LogP contribution is -2.37. The van der Waals surface area contributed by atoms with Crippen LogP contribution < -0.4 is 0 Å². The molecule has 0 aliphatic carbocycles. The molecule has 0 saturated carbocycles. The number of halogens is 1. The maximum absolute atomic E-state index is 13.1. The van der Waals surface area contributed by atoms with Crippen molar-refractivity contribution in [3.05, 3.63) is 60.1 Å². The first kappa shape index (κ1) is 21.3. The molecule has 1 saturated heterocycles. The van der Waals surface area contributed by atoms with E-state index < -0.39 is 10.0 Å². The first-order valence-electron chi connectivity index (χ1n) is 9.99. The van der Waals surface area contributed by atoms with Crippen LogP contribution in [0.15, 0.2) is 47.8 Å². The Labute approximate surface area is 180 Å². The minimum absolute atomic E-state index is 0.0283. The minimum atomic E-state index is -3.71. The highest BCUT2D eigenvalue weighted by Gasteiger charge is 2.30. The number of aromatic amines is 1. The fourth-order valence-corrected chi connectivity index (χ4v) is 5.11. The van der Waals surface area contributed by atoms with Crippen molar-refractivity contribution >= 4 is 15.9 Å². The molecule has 1 aliphatic heterocycles. The third-order valence-corrected chi connectivity index (χ3v) is 7.29. The van der Waals surface area contributed by atoms with Gasteiger partial charge in [-0.25, -0.2) is 17.8 Å². The molecule has 1 amide bonds. The average Bonchev–Trinajstić information content (AvgIpc) is 3.27. The topological polar surface area (TPSA) is 91.3 Å². The van der Waals surface area contributed by atoms with Gasteiger partial charge in [0.25, 0.3) is 15.9 Å². The zero-order valence-electron chi connectivity index (χ0n) is 17.4. The van der Waals surface area contributed by atoms with Crippen LogP contribution in [0.2, 0.25) is 0 Å². The van der Waals surface area contributed by atoms with Crippen molar-refractivity contribution in [2.24, 2.45) is 7.05 Å². The highest BCUT2D eigenvalue weighted by Crippen LogP contribution is 2.22. The lowest BCUT2D eigenvalue weighted by atomic mass is 10.1. The van der Waals surface area contributed by atoms with Crippen LogP contribution in [0.4, 0.5) is 4.39 Å². The number of nitrogens with zero attached hydrogens (tertiary/aromatic N) is 4. The maximum atomic E-state index is 13.1. The summed E-state index contributed by atoms with van der Waals surface area (Å²) >= 11 is 0. The van der Waals surface area contributed by atoms with Crippen LogP contribution >= 0.6 is 0 Å².